The lowest BCUT2D eigenvalue weighted by molar-refractivity contribution is -0.152. The van der Waals surface area contributed by atoms with Crippen LogP contribution in [0.1, 0.15) is 31.7 Å². The highest BCUT2D eigenvalue weighted by Gasteiger charge is 2.40. The molecule has 2 atom stereocenters. The molecule has 112 valence electrons. The molecule has 2 unspecified atom stereocenters. The third-order valence-corrected chi connectivity index (χ3v) is 3.74. The van der Waals surface area contributed by atoms with E-state index in [1.807, 2.05) is 18.2 Å². The fourth-order valence-electron chi connectivity index (χ4n) is 2.55. The highest BCUT2D eigenvalue weighted by atomic mass is 35.5. The van der Waals surface area contributed by atoms with Crippen LogP contribution in [0.2, 0.25) is 5.02 Å². The summed E-state index contributed by atoms with van der Waals surface area (Å²) in [6.07, 6.45) is -0.0458. The number of carbonyl (C=O) groups excluding carboxylic acids is 2. The summed E-state index contributed by atoms with van der Waals surface area (Å²) in [6.45, 7) is 7.37. The summed E-state index contributed by atoms with van der Waals surface area (Å²) in [6, 6.07) is 7.22. The van der Waals surface area contributed by atoms with Gasteiger partial charge in [0.15, 0.2) is 0 Å². The molecule has 1 aromatic carbocycles. The van der Waals surface area contributed by atoms with Crippen LogP contribution in [0.25, 0.3) is 0 Å². The number of amides is 1. The van der Waals surface area contributed by atoms with Gasteiger partial charge < -0.3 is 10.1 Å². The first-order valence-electron chi connectivity index (χ1n) is 6.83. The van der Waals surface area contributed by atoms with Crippen molar-refractivity contribution >= 4 is 23.5 Å². The predicted molar refractivity (Wildman–Crippen MR) is 80.8 cm³/mol. The van der Waals surface area contributed by atoms with Crippen LogP contribution in [0.4, 0.5) is 0 Å². The molecule has 2 rings (SSSR count). The van der Waals surface area contributed by atoms with Crippen LogP contribution in [0.15, 0.2) is 36.5 Å². The maximum atomic E-state index is 12.3. The Morgan fingerprint density at radius 1 is 1.43 bits per heavy atom. The van der Waals surface area contributed by atoms with E-state index in [1.54, 1.807) is 19.9 Å². The molecule has 4 nitrogen and oxygen atoms in total. The van der Waals surface area contributed by atoms with Crippen LogP contribution in [0.5, 0.6) is 0 Å². The van der Waals surface area contributed by atoms with Crippen molar-refractivity contribution < 1.29 is 14.3 Å². The Kier molecular flexibility index (Phi) is 4.68. The monoisotopic (exact) mass is 307 g/mol. The number of hydrogen-bond acceptors (Lipinski definition) is 3. The Labute approximate surface area is 129 Å². The van der Waals surface area contributed by atoms with Gasteiger partial charge in [-0.25, -0.2) is 0 Å². The van der Waals surface area contributed by atoms with Gasteiger partial charge in [0.05, 0.1) is 6.10 Å². The highest BCUT2D eigenvalue weighted by Crippen LogP contribution is 2.39. The number of esters is 1. The largest absolute Gasteiger partial charge is 0.462 e. The average molecular weight is 308 g/mol. The van der Waals surface area contributed by atoms with Crippen molar-refractivity contribution in [3.8, 4) is 0 Å². The standard InChI is InChI=1S/C16H18ClNO3/c1-9(2)21-16(20)15-10(3)18-14(19)8-12(15)11-6-4-5-7-13(11)17/h4-7,9,12,15H,3,8H2,1-2H3,(H,18,19). The molecule has 1 aromatic rings. The summed E-state index contributed by atoms with van der Waals surface area (Å²) in [5.41, 5.74) is 1.13. The van der Waals surface area contributed by atoms with Crippen molar-refractivity contribution in [1.82, 2.24) is 5.32 Å². The molecule has 0 saturated carbocycles. The molecule has 0 spiro atoms. The van der Waals surface area contributed by atoms with Gasteiger partial charge in [-0.05, 0) is 25.5 Å². The van der Waals surface area contributed by atoms with Crippen LogP contribution >= 0.6 is 11.6 Å². The number of benzene rings is 1. The summed E-state index contributed by atoms with van der Waals surface area (Å²) < 4.78 is 5.29. The van der Waals surface area contributed by atoms with Crippen molar-refractivity contribution in [2.75, 3.05) is 0 Å². The maximum absolute atomic E-state index is 12.3. The second kappa shape index (κ2) is 6.31. The molecule has 1 aliphatic heterocycles. The number of ether oxygens (including phenoxy) is 1. The second-order valence-electron chi connectivity index (χ2n) is 5.37. The van der Waals surface area contributed by atoms with Crippen molar-refractivity contribution in [1.29, 1.82) is 0 Å². The van der Waals surface area contributed by atoms with E-state index in [-0.39, 0.29) is 30.3 Å². The van der Waals surface area contributed by atoms with Crippen LogP contribution in [0.3, 0.4) is 0 Å². The van der Waals surface area contributed by atoms with E-state index in [4.69, 9.17) is 16.3 Å². The van der Waals surface area contributed by atoms with Gasteiger partial charge in [0.1, 0.15) is 5.92 Å². The zero-order chi connectivity index (χ0) is 15.6. The Bertz CT molecular complexity index is 583. The van der Waals surface area contributed by atoms with Crippen LogP contribution in [-0.2, 0) is 14.3 Å². The summed E-state index contributed by atoms with van der Waals surface area (Å²) >= 11 is 6.22. The molecule has 1 aliphatic rings. The third kappa shape index (κ3) is 3.45. The van der Waals surface area contributed by atoms with E-state index in [9.17, 15) is 9.59 Å². The summed E-state index contributed by atoms with van der Waals surface area (Å²) in [4.78, 5) is 24.1. The molecule has 5 heteroatoms. The van der Waals surface area contributed by atoms with Gasteiger partial charge in [-0.3, -0.25) is 9.59 Å². The molecule has 0 bridgehead atoms. The highest BCUT2D eigenvalue weighted by molar-refractivity contribution is 6.31. The first-order chi connectivity index (χ1) is 9.90. The van der Waals surface area contributed by atoms with E-state index < -0.39 is 5.92 Å². The normalized spacial score (nSPS) is 22.1. The van der Waals surface area contributed by atoms with Gasteiger partial charge in [0, 0.05) is 23.1 Å². The zero-order valence-electron chi connectivity index (χ0n) is 12.1. The molecule has 1 heterocycles. The van der Waals surface area contributed by atoms with Crippen molar-refractivity contribution in [3.63, 3.8) is 0 Å². The molecule has 1 saturated heterocycles. The van der Waals surface area contributed by atoms with Crippen molar-refractivity contribution in [3.05, 3.63) is 47.1 Å². The lowest BCUT2D eigenvalue weighted by atomic mass is 9.79. The topological polar surface area (TPSA) is 55.4 Å². The van der Waals surface area contributed by atoms with Crippen molar-refractivity contribution in [2.45, 2.75) is 32.3 Å². The van der Waals surface area contributed by atoms with Crippen LogP contribution in [0, 0.1) is 5.92 Å². The summed E-state index contributed by atoms with van der Waals surface area (Å²) in [7, 11) is 0. The minimum atomic E-state index is -0.620. The van der Waals surface area contributed by atoms with E-state index >= 15 is 0 Å². The molecule has 0 aliphatic carbocycles. The number of nitrogens with one attached hydrogen (secondary N) is 1. The van der Waals surface area contributed by atoms with E-state index in [0.29, 0.717) is 10.7 Å². The zero-order valence-corrected chi connectivity index (χ0v) is 12.8. The molecule has 1 N–H and O–H groups in total. The number of halogens is 1. The van der Waals surface area contributed by atoms with Gasteiger partial charge >= 0.3 is 5.97 Å². The SMILES string of the molecule is C=C1NC(=O)CC(c2ccccc2Cl)C1C(=O)OC(C)C. The molecule has 0 radical (unpaired) electrons. The molecule has 1 fully saturated rings. The van der Waals surface area contributed by atoms with Gasteiger partial charge in [-0.15, -0.1) is 0 Å². The number of hydrogen-bond donors (Lipinski definition) is 1. The predicted octanol–water partition coefficient (Wildman–Crippen LogP) is 3.03. The average Bonchev–Trinajstić information content (AvgIpc) is 2.37. The third-order valence-electron chi connectivity index (χ3n) is 3.39. The molecule has 21 heavy (non-hydrogen) atoms. The van der Waals surface area contributed by atoms with Gasteiger partial charge in [0.2, 0.25) is 5.91 Å². The van der Waals surface area contributed by atoms with Gasteiger partial charge in [0.25, 0.3) is 0 Å². The number of piperidine rings is 1. The fraction of sp³-hybridized carbons (Fsp3) is 0.375. The number of carbonyl (C=O) groups is 2. The Morgan fingerprint density at radius 2 is 2.10 bits per heavy atom. The Hall–Kier alpha value is -1.81. The van der Waals surface area contributed by atoms with E-state index in [2.05, 4.69) is 11.9 Å². The first-order valence-corrected chi connectivity index (χ1v) is 7.21. The van der Waals surface area contributed by atoms with Crippen molar-refractivity contribution in [2.24, 2.45) is 5.92 Å². The fourth-order valence-corrected chi connectivity index (χ4v) is 2.82. The molecule has 0 aromatic heterocycles. The van der Waals surface area contributed by atoms with Crippen LogP contribution < -0.4 is 5.32 Å². The van der Waals surface area contributed by atoms with Gasteiger partial charge in [-0.2, -0.15) is 0 Å². The quantitative estimate of drug-likeness (QED) is 0.873. The Morgan fingerprint density at radius 3 is 2.71 bits per heavy atom. The van der Waals surface area contributed by atoms with E-state index in [0.717, 1.165) is 5.56 Å². The van der Waals surface area contributed by atoms with Crippen LogP contribution in [-0.4, -0.2) is 18.0 Å². The molecule has 1 amide bonds. The maximum Gasteiger partial charge on any atom is 0.315 e. The van der Waals surface area contributed by atoms with E-state index in [1.165, 1.54) is 0 Å². The second-order valence-corrected chi connectivity index (χ2v) is 5.78. The Balaban J connectivity index is 2.38. The number of rotatable bonds is 3. The summed E-state index contributed by atoms with van der Waals surface area (Å²) in [5, 5.41) is 3.16. The first kappa shape index (κ1) is 15.6. The molecular formula is C16H18ClNO3. The smallest absolute Gasteiger partial charge is 0.315 e. The lowest BCUT2D eigenvalue weighted by Crippen LogP contribution is -2.42. The minimum Gasteiger partial charge on any atom is -0.462 e. The summed E-state index contributed by atoms with van der Waals surface area (Å²) in [5.74, 6) is -1.53. The lowest BCUT2D eigenvalue weighted by Gasteiger charge is -2.32. The molecular weight excluding hydrogens is 290 g/mol. The minimum absolute atomic E-state index is 0.168. The van der Waals surface area contributed by atoms with Gasteiger partial charge in [-0.1, -0.05) is 36.4 Å².